The molecule has 0 atom stereocenters. The number of ether oxygens (including phenoxy) is 1. The van der Waals surface area contributed by atoms with Crippen molar-refractivity contribution in [3.8, 4) is 28.3 Å². The zero-order chi connectivity index (χ0) is 21.5. The summed E-state index contributed by atoms with van der Waals surface area (Å²) in [6, 6.07) is 6.23. The van der Waals surface area contributed by atoms with E-state index < -0.39 is 0 Å². The van der Waals surface area contributed by atoms with Gasteiger partial charge in [0.05, 0.1) is 48.3 Å². The van der Waals surface area contributed by atoms with E-state index in [-0.39, 0.29) is 0 Å². The molecule has 1 aliphatic rings. The topological polar surface area (TPSA) is 95.6 Å². The van der Waals surface area contributed by atoms with Crippen LogP contribution in [-0.2, 0) is 0 Å². The zero-order valence-corrected chi connectivity index (χ0v) is 17.8. The number of anilines is 1. The standard InChI is InChI=1S/C24H23N7O/c1-32-17-7-15(10-25-12-17)16-8-19-23(29-30-24(19)27-11-16)20-9-18-21(28-20)13-26-14-22(18)31-5-3-2-4-6-31/h7-14,28H,2-6H2,1H3,(H,27,29,30). The van der Waals surface area contributed by atoms with Crippen molar-refractivity contribution >= 4 is 27.6 Å². The number of H-pyrrole nitrogens is 2. The molecule has 8 heteroatoms. The Morgan fingerprint density at radius 3 is 2.59 bits per heavy atom. The summed E-state index contributed by atoms with van der Waals surface area (Å²) in [5.41, 5.74) is 6.66. The number of aromatic nitrogens is 6. The molecular formula is C24H23N7O. The molecule has 0 unspecified atom stereocenters. The molecule has 160 valence electrons. The number of hydrogen-bond donors (Lipinski definition) is 2. The third-order valence-electron chi connectivity index (χ3n) is 6.18. The van der Waals surface area contributed by atoms with Gasteiger partial charge in [0.2, 0.25) is 0 Å². The Hall–Kier alpha value is -3.94. The van der Waals surface area contributed by atoms with E-state index >= 15 is 0 Å². The van der Waals surface area contributed by atoms with Crippen LogP contribution in [0.2, 0.25) is 0 Å². The van der Waals surface area contributed by atoms with Crippen LogP contribution in [0.4, 0.5) is 5.69 Å². The molecule has 5 aromatic rings. The van der Waals surface area contributed by atoms with E-state index in [9.17, 15) is 0 Å². The minimum atomic E-state index is 0.674. The van der Waals surface area contributed by atoms with E-state index in [2.05, 4.69) is 47.2 Å². The van der Waals surface area contributed by atoms with Crippen LogP contribution >= 0.6 is 0 Å². The fourth-order valence-corrected chi connectivity index (χ4v) is 4.51. The fourth-order valence-electron chi connectivity index (χ4n) is 4.51. The van der Waals surface area contributed by atoms with Gasteiger partial charge in [-0.2, -0.15) is 5.10 Å². The highest BCUT2D eigenvalue weighted by Gasteiger charge is 2.18. The third-order valence-corrected chi connectivity index (χ3v) is 6.18. The molecule has 1 fully saturated rings. The number of hydrogen-bond acceptors (Lipinski definition) is 6. The minimum Gasteiger partial charge on any atom is -0.495 e. The number of piperidine rings is 1. The number of fused-ring (bicyclic) bond motifs is 2. The van der Waals surface area contributed by atoms with Crippen molar-refractivity contribution in [3.05, 3.63) is 49.2 Å². The lowest BCUT2D eigenvalue weighted by Crippen LogP contribution is -2.29. The summed E-state index contributed by atoms with van der Waals surface area (Å²) < 4.78 is 5.32. The van der Waals surface area contributed by atoms with Crippen LogP contribution in [0.1, 0.15) is 19.3 Å². The van der Waals surface area contributed by atoms with Gasteiger partial charge in [-0.1, -0.05) is 0 Å². The molecule has 0 aliphatic carbocycles. The molecule has 6 heterocycles. The lowest BCUT2D eigenvalue weighted by molar-refractivity contribution is 0.413. The summed E-state index contributed by atoms with van der Waals surface area (Å²) in [6.07, 6.45) is 12.9. The van der Waals surface area contributed by atoms with Crippen molar-refractivity contribution in [3.63, 3.8) is 0 Å². The molecule has 32 heavy (non-hydrogen) atoms. The predicted molar refractivity (Wildman–Crippen MR) is 125 cm³/mol. The molecule has 1 aliphatic heterocycles. The number of methoxy groups -OCH3 is 1. The normalized spacial score (nSPS) is 14.3. The third kappa shape index (κ3) is 3.15. The second-order valence-electron chi connectivity index (χ2n) is 8.16. The van der Waals surface area contributed by atoms with Crippen molar-refractivity contribution in [2.45, 2.75) is 19.3 Å². The zero-order valence-electron chi connectivity index (χ0n) is 17.8. The number of aromatic amines is 2. The lowest BCUT2D eigenvalue weighted by Gasteiger charge is -2.28. The maximum Gasteiger partial charge on any atom is 0.181 e. The van der Waals surface area contributed by atoms with Crippen LogP contribution < -0.4 is 9.64 Å². The number of rotatable bonds is 4. The molecule has 0 radical (unpaired) electrons. The van der Waals surface area contributed by atoms with Crippen molar-refractivity contribution in [2.75, 3.05) is 25.1 Å². The summed E-state index contributed by atoms with van der Waals surface area (Å²) in [5, 5.41) is 9.73. The molecule has 6 rings (SSSR count). The van der Waals surface area contributed by atoms with Gasteiger partial charge < -0.3 is 14.6 Å². The fraction of sp³-hybridized carbons (Fsp3) is 0.250. The summed E-state index contributed by atoms with van der Waals surface area (Å²) in [5.74, 6) is 0.711. The molecule has 0 spiro atoms. The highest BCUT2D eigenvalue weighted by molar-refractivity contribution is 5.99. The first-order valence-corrected chi connectivity index (χ1v) is 10.9. The van der Waals surface area contributed by atoms with Gasteiger partial charge in [0.25, 0.3) is 0 Å². The Bertz CT molecular complexity index is 1410. The van der Waals surface area contributed by atoms with E-state index in [1.54, 1.807) is 13.3 Å². The summed E-state index contributed by atoms with van der Waals surface area (Å²) >= 11 is 0. The van der Waals surface area contributed by atoms with E-state index in [1.807, 2.05) is 30.9 Å². The molecule has 5 aromatic heterocycles. The smallest absolute Gasteiger partial charge is 0.181 e. The second-order valence-corrected chi connectivity index (χ2v) is 8.16. The molecule has 1 saturated heterocycles. The van der Waals surface area contributed by atoms with Gasteiger partial charge in [0, 0.05) is 47.4 Å². The summed E-state index contributed by atoms with van der Waals surface area (Å²) in [6.45, 7) is 2.16. The molecule has 8 nitrogen and oxygen atoms in total. The van der Waals surface area contributed by atoms with Gasteiger partial charge in [0.1, 0.15) is 5.75 Å². The van der Waals surface area contributed by atoms with Crippen LogP contribution in [0.3, 0.4) is 0 Å². The van der Waals surface area contributed by atoms with Crippen molar-refractivity contribution in [1.82, 2.24) is 30.1 Å². The molecule has 0 bridgehead atoms. The minimum absolute atomic E-state index is 0.674. The average molecular weight is 425 g/mol. The van der Waals surface area contributed by atoms with Crippen LogP contribution in [0.25, 0.3) is 44.5 Å². The van der Waals surface area contributed by atoms with Gasteiger partial charge in [-0.05, 0) is 37.5 Å². The first-order valence-electron chi connectivity index (χ1n) is 10.9. The molecule has 0 aromatic carbocycles. The van der Waals surface area contributed by atoms with E-state index in [1.165, 1.54) is 30.3 Å². The largest absolute Gasteiger partial charge is 0.495 e. The molecule has 0 amide bonds. The Labute approximate surface area is 184 Å². The second kappa shape index (κ2) is 7.64. The quantitative estimate of drug-likeness (QED) is 0.438. The van der Waals surface area contributed by atoms with Crippen LogP contribution in [0.15, 0.2) is 49.2 Å². The van der Waals surface area contributed by atoms with Crippen LogP contribution in [0.5, 0.6) is 5.75 Å². The molecule has 0 saturated carbocycles. The monoisotopic (exact) mass is 425 g/mol. The number of nitrogens with zero attached hydrogens (tertiary/aromatic N) is 5. The Balaban J connectivity index is 1.45. The summed E-state index contributed by atoms with van der Waals surface area (Å²) in [4.78, 5) is 19.3. The van der Waals surface area contributed by atoms with E-state index in [0.717, 1.165) is 46.5 Å². The Morgan fingerprint density at radius 2 is 1.72 bits per heavy atom. The number of pyridine rings is 3. The van der Waals surface area contributed by atoms with Gasteiger partial charge >= 0.3 is 0 Å². The first-order chi connectivity index (χ1) is 15.8. The van der Waals surface area contributed by atoms with Crippen molar-refractivity contribution < 1.29 is 4.74 Å². The SMILES string of the molecule is COc1cncc(-c2cnc3n[nH]c(-c4cc5c(N6CCCCC6)cncc5[nH]4)c3c2)c1. The maximum atomic E-state index is 5.32. The van der Waals surface area contributed by atoms with Gasteiger partial charge in [-0.3, -0.25) is 15.1 Å². The van der Waals surface area contributed by atoms with Crippen LogP contribution in [0, 0.1) is 0 Å². The predicted octanol–water partition coefficient (Wildman–Crippen LogP) is 4.56. The Morgan fingerprint density at radius 1 is 0.875 bits per heavy atom. The van der Waals surface area contributed by atoms with Gasteiger partial charge in [-0.25, -0.2) is 4.98 Å². The van der Waals surface area contributed by atoms with E-state index in [4.69, 9.17) is 4.74 Å². The summed E-state index contributed by atoms with van der Waals surface area (Å²) in [7, 11) is 1.64. The average Bonchev–Trinajstić information content (AvgIpc) is 3.48. The maximum absolute atomic E-state index is 5.32. The van der Waals surface area contributed by atoms with Crippen LogP contribution in [-0.4, -0.2) is 50.3 Å². The lowest BCUT2D eigenvalue weighted by atomic mass is 10.1. The molecule has 2 N–H and O–H groups in total. The van der Waals surface area contributed by atoms with Crippen molar-refractivity contribution in [1.29, 1.82) is 0 Å². The molecular weight excluding hydrogens is 402 g/mol. The van der Waals surface area contributed by atoms with Gasteiger partial charge in [-0.15, -0.1) is 0 Å². The number of nitrogens with one attached hydrogen (secondary N) is 2. The highest BCUT2D eigenvalue weighted by Crippen LogP contribution is 2.34. The Kier molecular flexibility index (Phi) is 4.49. The first kappa shape index (κ1) is 18.8. The van der Waals surface area contributed by atoms with Gasteiger partial charge in [0.15, 0.2) is 5.65 Å². The van der Waals surface area contributed by atoms with Crippen molar-refractivity contribution in [2.24, 2.45) is 0 Å². The van der Waals surface area contributed by atoms with E-state index in [0.29, 0.717) is 11.4 Å². The highest BCUT2D eigenvalue weighted by atomic mass is 16.5.